The van der Waals surface area contributed by atoms with Crippen LogP contribution in [-0.4, -0.2) is 18.9 Å². The standard InChI is InChI=1S/C15H21NO2/c1-9-8-14(18-3)10(2)7-12(9)15(17)11-5-4-6-13(11)16/h7-8,11,13H,4-6,16H2,1-3H3. The molecule has 1 aliphatic rings. The van der Waals surface area contributed by atoms with Crippen molar-refractivity contribution < 1.29 is 9.53 Å². The van der Waals surface area contributed by atoms with Crippen LogP contribution in [0.4, 0.5) is 0 Å². The van der Waals surface area contributed by atoms with Gasteiger partial charge in [0.25, 0.3) is 0 Å². The molecular weight excluding hydrogens is 226 g/mol. The minimum absolute atomic E-state index is 0.00325. The van der Waals surface area contributed by atoms with E-state index in [0.717, 1.165) is 41.7 Å². The summed E-state index contributed by atoms with van der Waals surface area (Å²) in [6.07, 6.45) is 2.95. The zero-order chi connectivity index (χ0) is 13.3. The number of aryl methyl sites for hydroxylation is 2. The first-order chi connectivity index (χ1) is 8.54. The summed E-state index contributed by atoms with van der Waals surface area (Å²) >= 11 is 0. The summed E-state index contributed by atoms with van der Waals surface area (Å²) in [7, 11) is 1.65. The Morgan fingerprint density at radius 2 is 2.00 bits per heavy atom. The third-order valence-corrected chi connectivity index (χ3v) is 3.91. The van der Waals surface area contributed by atoms with Crippen LogP contribution in [0.1, 0.15) is 40.7 Å². The number of hydrogen-bond acceptors (Lipinski definition) is 3. The van der Waals surface area contributed by atoms with Gasteiger partial charge in [0, 0.05) is 17.5 Å². The van der Waals surface area contributed by atoms with Gasteiger partial charge in [0.15, 0.2) is 5.78 Å². The Labute approximate surface area is 108 Å². The van der Waals surface area contributed by atoms with E-state index in [1.54, 1.807) is 7.11 Å². The monoisotopic (exact) mass is 247 g/mol. The van der Waals surface area contributed by atoms with Gasteiger partial charge in [-0.2, -0.15) is 0 Å². The molecule has 1 aromatic carbocycles. The van der Waals surface area contributed by atoms with Crippen molar-refractivity contribution in [3.05, 3.63) is 28.8 Å². The van der Waals surface area contributed by atoms with Gasteiger partial charge in [-0.05, 0) is 49.9 Å². The average molecular weight is 247 g/mol. The van der Waals surface area contributed by atoms with Crippen LogP contribution in [-0.2, 0) is 0 Å². The van der Waals surface area contributed by atoms with Crippen molar-refractivity contribution >= 4 is 5.78 Å². The minimum Gasteiger partial charge on any atom is -0.496 e. The summed E-state index contributed by atoms with van der Waals surface area (Å²) in [5.74, 6) is 1.03. The van der Waals surface area contributed by atoms with E-state index in [4.69, 9.17) is 10.5 Å². The fourth-order valence-electron chi connectivity index (χ4n) is 2.79. The molecule has 2 unspecified atom stereocenters. The van der Waals surface area contributed by atoms with Crippen molar-refractivity contribution in [3.8, 4) is 5.75 Å². The van der Waals surface area contributed by atoms with Gasteiger partial charge >= 0.3 is 0 Å². The minimum atomic E-state index is -0.00325. The highest BCUT2D eigenvalue weighted by atomic mass is 16.5. The lowest BCUT2D eigenvalue weighted by Gasteiger charge is -2.17. The lowest BCUT2D eigenvalue weighted by atomic mass is 9.90. The molecule has 3 nitrogen and oxygen atoms in total. The first kappa shape index (κ1) is 13.1. The first-order valence-corrected chi connectivity index (χ1v) is 6.49. The molecule has 0 bridgehead atoms. The van der Waals surface area contributed by atoms with E-state index in [0.29, 0.717) is 0 Å². The second-order valence-electron chi connectivity index (χ2n) is 5.20. The van der Waals surface area contributed by atoms with Crippen LogP contribution >= 0.6 is 0 Å². The number of ether oxygens (including phenoxy) is 1. The number of benzene rings is 1. The van der Waals surface area contributed by atoms with Crippen molar-refractivity contribution in [2.24, 2.45) is 11.7 Å². The number of carbonyl (C=O) groups is 1. The molecule has 18 heavy (non-hydrogen) atoms. The van der Waals surface area contributed by atoms with E-state index in [-0.39, 0.29) is 17.7 Å². The summed E-state index contributed by atoms with van der Waals surface area (Å²) in [6, 6.07) is 3.89. The predicted octanol–water partition coefficient (Wildman–Crippen LogP) is 2.62. The van der Waals surface area contributed by atoms with Crippen molar-refractivity contribution in [1.82, 2.24) is 0 Å². The normalized spacial score (nSPS) is 23.1. The number of methoxy groups -OCH3 is 1. The predicted molar refractivity (Wildman–Crippen MR) is 72.1 cm³/mol. The largest absolute Gasteiger partial charge is 0.496 e. The maximum absolute atomic E-state index is 12.5. The van der Waals surface area contributed by atoms with E-state index in [9.17, 15) is 4.79 Å². The van der Waals surface area contributed by atoms with E-state index >= 15 is 0 Å². The quantitative estimate of drug-likeness (QED) is 0.835. The Kier molecular flexibility index (Phi) is 3.71. The zero-order valence-corrected chi connectivity index (χ0v) is 11.3. The Bertz CT molecular complexity index is 468. The molecule has 1 aromatic rings. The van der Waals surface area contributed by atoms with E-state index in [1.165, 1.54) is 0 Å². The smallest absolute Gasteiger partial charge is 0.167 e. The Hall–Kier alpha value is -1.35. The molecule has 0 saturated heterocycles. The third kappa shape index (κ3) is 2.27. The molecular formula is C15H21NO2. The number of ketones is 1. The van der Waals surface area contributed by atoms with Crippen LogP contribution in [0.2, 0.25) is 0 Å². The molecule has 2 rings (SSSR count). The highest BCUT2D eigenvalue weighted by Gasteiger charge is 2.31. The van der Waals surface area contributed by atoms with Gasteiger partial charge in [-0.3, -0.25) is 4.79 Å². The average Bonchev–Trinajstić information content (AvgIpc) is 2.77. The van der Waals surface area contributed by atoms with Crippen LogP contribution < -0.4 is 10.5 Å². The Balaban J connectivity index is 2.33. The van der Waals surface area contributed by atoms with Gasteiger partial charge in [0.2, 0.25) is 0 Å². The summed E-state index contributed by atoms with van der Waals surface area (Å²) in [6.45, 7) is 3.92. The number of hydrogen-bond donors (Lipinski definition) is 1. The lowest BCUT2D eigenvalue weighted by Crippen LogP contribution is -2.31. The van der Waals surface area contributed by atoms with Crippen LogP contribution in [0, 0.1) is 19.8 Å². The maximum atomic E-state index is 12.5. The Morgan fingerprint density at radius 3 is 2.56 bits per heavy atom. The number of nitrogens with two attached hydrogens (primary N) is 1. The fraction of sp³-hybridized carbons (Fsp3) is 0.533. The molecule has 98 valence electrons. The molecule has 1 fully saturated rings. The van der Waals surface area contributed by atoms with E-state index < -0.39 is 0 Å². The molecule has 0 amide bonds. The molecule has 0 radical (unpaired) electrons. The summed E-state index contributed by atoms with van der Waals surface area (Å²) < 4.78 is 5.27. The number of rotatable bonds is 3. The van der Waals surface area contributed by atoms with E-state index in [1.807, 2.05) is 26.0 Å². The van der Waals surface area contributed by atoms with Gasteiger partial charge in [0.1, 0.15) is 5.75 Å². The maximum Gasteiger partial charge on any atom is 0.167 e. The zero-order valence-electron chi connectivity index (χ0n) is 11.3. The molecule has 0 spiro atoms. The molecule has 0 heterocycles. The molecule has 3 heteroatoms. The van der Waals surface area contributed by atoms with Crippen molar-refractivity contribution in [3.63, 3.8) is 0 Å². The van der Waals surface area contributed by atoms with Crippen LogP contribution in [0.15, 0.2) is 12.1 Å². The van der Waals surface area contributed by atoms with Gasteiger partial charge in [-0.25, -0.2) is 0 Å². The molecule has 0 aromatic heterocycles. The van der Waals surface area contributed by atoms with Crippen molar-refractivity contribution in [1.29, 1.82) is 0 Å². The van der Waals surface area contributed by atoms with E-state index in [2.05, 4.69) is 0 Å². The SMILES string of the molecule is COc1cc(C)c(C(=O)C2CCCC2N)cc1C. The molecule has 2 atom stereocenters. The highest BCUT2D eigenvalue weighted by Crippen LogP contribution is 2.30. The van der Waals surface area contributed by atoms with Gasteiger partial charge in [0.05, 0.1) is 7.11 Å². The second-order valence-corrected chi connectivity index (χ2v) is 5.20. The summed E-state index contributed by atoms with van der Waals surface area (Å²) in [5.41, 5.74) is 8.79. The van der Waals surface area contributed by atoms with Gasteiger partial charge in [-0.15, -0.1) is 0 Å². The Morgan fingerprint density at radius 1 is 1.28 bits per heavy atom. The topological polar surface area (TPSA) is 52.3 Å². The molecule has 1 aliphatic carbocycles. The highest BCUT2D eigenvalue weighted by molar-refractivity contribution is 6.00. The van der Waals surface area contributed by atoms with Crippen LogP contribution in [0.5, 0.6) is 5.75 Å². The number of carbonyl (C=O) groups excluding carboxylic acids is 1. The third-order valence-electron chi connectivity index (χ3n) is 3.91. The first-order valence-electron chi connectivity index (χ1n) is 6.49. The van der Waals surface area contributed by atoms with Gasteiger partial charge < -0.3 is 10.5 Å². The van der Waals surface area contributed by atoms with Crippen molar-refractivity contribution in [2.45, 2.75) is 39.2 Å². The summed E-state index contributed by atoms with van der Waals surface area (Å²) in [5, 5.41) is 0. The summed E-state index contributed by atoms with van der Waals surface area (Å²) in [4.78, 5) is 12.5. The van der Waals surface area contributed by atoms with Gasteiger partial charge in [-0.1, -0.05) is 6.42 Å². The second kappa shape index (κ2) is 5.11. The molecule has 1 saturated carbocycles. The number of Topliss-reactive ketones (excluding diaryl/α,β-unsaturated/α-hetero) is 1. The van der Waals surface area contributed by atoms with Crippen LogP contribution in [0.3, 0.4) is 0 Å². The van der Waals surface area contributed by atoms with Crippen molar-refractivity contribution in [2.75, 3.05) is 7.11 Å². The molecule has 2 N–H and O–H groups in total. The fourth-order valence-corrected chi connectivity index (χ4v) is 2.79. The molecule has 0 aliphatic heterocycles. The van der Waals surface area contributed by atoms with Crippen LogP contribution in [0.25, 0.3) is 0 Å². The lowest BCUT2D eigenvalue weighted by molar-refractivity contribution is 0.0912.